The van der Waals surface area contributed by atoms with Crippen molar-refractivity contribution in [1.82, 2.24) is 10.2 Å². The number of nitrogens with two attached hydrogens (primary N) is 1. The lowest BCUT2D eigenvalue weighted by Gasteiger charge is -2.38. The molecule has 0 aromatic rings. The van der Waals surface area contributed by atoms with Crippen molar-refractivity contribution >= 4 is 11.8 Å². The molecule has 0 spiro atoms. The van der Waals surface area contributed by atoms with E-state index in [1.165, 1.54) is 12.8 Å². The van der Waals surface area contributed by atoms with Crippen LogP contribution in [-0.4, -0.2) is 54.6 Å². The van der Waals surface area contributed by atoms with Crippen molar-refractivity contribution in [1.29, 1.82) is 0 Å². The van der Waals surface area contributed by atoms with Gasteiger partial charge in [-0.2, -0.15) is 0 Å². The molecule has 6 nitrogen and oxygen atoms in total. The average molecular weight is 311 g/mol. The van der Waals surface area contributed by atoms with Crippen molar-refractivity contribution in [3.63, 3.8) is 0 Å². The van der Waals surface area contributed by atoms with Crippen LogP contribution < -0.4 is 11.1 Å². The Kier molecular flexibility index (Phi) is 5.81. The van der Waals surface area contributed by atoms with Crippen molar-refractivity contribution in [2.24, 2.45) is 17.6 Å². The number of primary amides is 1. The largest absolute Gasteiger partial charge is 0.367 e. The Morgan fingerprint density at radius 3 is 2.73 bits per heavy atom. The summed E-state index contributed by atoms with van der Waals surface area (Å²) in [5.41, 5.74) is 5.30. The van der Waals surface area contributed by atoms with Crippen LogP contribution in [0.3, 0.4) is 0 Å². The Hall–Kier alpha value is -1.14. The van der Waals surface area contributed by atoms with E-state index in [0.717, 1.165) is 6.42 Å². The van der Waals surface area contributed by atoms with Gasteiger partial charge in [0.25, 0.3) is 0 Å². The zero-order chi connectivity index (χ0) is 16.3. The molecule has 2 fully saturated rings. The van der Waals surface area contributed by atoms with Crippen LogP contribution >= 0.6 is 0 Å². The average Bonchev–Trinajstić information content (AvgIpc) is 2.51. The summed E-state index contributed by atoms with van der Waals surface area (Å²) in [5.74, 6) is 0.730. The molecule has 2 aliphatic rings. The van der Waals surface area contributed by atoms with Gasteiger partial charge in [-0.05, 0) is 25.2 Å². The highest BCUT2D eigenvalue weighted by Crippen LogP contribution is 2.29. The Balaban J connectivity index is 1.90. The first-order valence-corrected chi connectivity index (χ1v) is 8.35. The van der Waals surface area contributed by atoms with E-state index in [1.54, 1.807) is 0 Å². The van der Waals surface area contributed by atoms with E-state index in [4.69, 9.17) is 10.5 Å². The molecule has 0 radical (unpaired) electrons. The van der Waals surface area contributed by atoms with E-state index in [9.17, 15) is 9.59 Å². The number of morpholine rings is 1. The number of hydrogen-bond donors (Lipinski definition) is 2. The lowest BCUT2D eigenvalue weighted by Crippen LogP contribution is -2.56. The van der Waals surface area contributed by atoms with Crippen LogP contribution in [0.5, 0.6) is 0 Å². The summed E-state index contributed by atoms with van der Waals surface area (Å²) in [6.45, 7) is 7.83. The molecule has 2 amide bonds. The number of carbonyl (C=O) groups is 2. The third kappa shape index (κ3) is 3.98. The summed E-state index contributed by atoms with van der Waals surface area (Å²) in [6, 6.07) is -0.0122. The second kappa shape index (κ2) is 7.42. The van der Waals surface area contributed by atoms with E-state index in [2.05, 4.69) is 19.2 Å². The third-order valence-electron chi connectivity index (χ3n) is 5.38. The highest BCUT2D eigenvalue weighted by molar-refractivity contribution is 5.82. The zero-order valence-corrected chi connectivity index (χ0v) is 13.9. The van der Waals surface area contributed by atoms with Crippen LogP contribution in [0.15, 0.2) is 0 Å². The van der Waals surface area contributed by atoms with Crippen LogP contribution in [0.4, 0.5) is 0 Å². The molecule has 2 rings (SSSR count). The first-order chi connectivity index (χ1) is 10.4. The summed E-state index contributed by atoms with van der Waals surface area (Å²) in [6.07, 6.45) is 2.85. The predicted molar refractivity (Wildman–Crippen MR) is 84.1 cm³/mol. The number of amides is 2. The quantitative estimate of drug-likeness (QED) is 0.792. The van der Waals surface area contributed by atoms with E-state index in [-0.39, 0.29) is 18.0 Å². The minimum Gasteiger partial charge on any atom is -0.367 e. The van der Waals surface area contributed by atoms with Crippen molar-refractivity contribution in [2.45, 2.75) is 58.2 Å². The lowest BCUT2D eigenvalue weighted by atomic mass is 9.78. The fourth-order valence-electron chi connectivity index (χ4n) is 3.45. The zero-order valence-electron chi connectivity index (χ0n) is 13.9. The van der Waals surface area contributed by atoms with Gasteiger partial charge in [-0.1, -0.05) is 26.7 Å². The van der Waals surface area contributed by atoms with E-state index in [1.807, 2.05) is 11.8 Å². The molecule has 0 aromatic heterocycles. The first kappa shape index (κ1) is 17.2. The number of nitrogens with zero attached hydrogens (tertiary/aromatic N) is 1. The molecule has 3 N–H and O–H groups in total. The Morgan fingerprint density at radius 2 is 2.05 bits per heavy atom. The maximum Gasteiger partial charge on any atom is 0.247 e. The van der Waals surface area contributed by atoms with Crippen LogP contribution in [0.25, 0.3) is 0 Å². The normalized spacial score (nSPS) is 34.9. The van der Waals surface area contributed by atoms with Crippen molar-refractivity contribution < 1.29 is 14.3 Å². The van der Waals surface area contributed by atoms with Crippen LogP contribution in [-0.2, 0) is 14.3 Å². The SMILES string of the molecule is CC1CCCC(NC(=O)C(C)N2CCOC(C(N)=O)C2)C1C. The van der Waals surface area contributed by atoms with E-state index < -0.39 is 12.0 Å². The second-order valence-corrected chi connectivity index (χ2v) is 6.82. The number of carbonyl (C=O) groups excluding carboxylic acids is 2. The molecule has 5 atom stereocenters. The molecule has 126 valence electrons. The molecule has 1 heterocycles. The smallest absolute Gasteiger partial charge is 0.247 e. The number of rotatable bonds is 4. The minimum absolute atomic E-state index is 0.0380. The standard InChI is InChI=1S/C16H29N3O3/c1-10-5-4-6-13(11(10)2)18-16(21)12(3)19-7-8-22-14(9-19)15(17)20/h10-14H,4-9H2,1-3H3,(H2,17,20)(H,18,21). The van der Waals surface area contributed by atoms with Gasteiger partial charge in [0, 0.05) is 19.1 Å². The molecule has 22 heavy (non-hydrogen) atoms. The molecule has 5 unspecified atom stereocenters. The first-order valence-electron chi connectivity index (χ1n) is 8.35. The summed E-state index contributed by atoms with van der Waals surface area (Å²) in [5, 5.41) is 3.20. The maximum absolute atomic E-state index is 12.5. The van der Waals surface area contributed by atoms with Gasteiger partial charge in [0.15, 0.2) is 0 Å². The maximum atomic E-state index is 12.5. The second-order valence-electron chi connectivity index (χ2n) is 6.82. The van der Waals surface area contributed by atoms with Crippen LogP contribution in [0.2, 0.25) is 0 Å². The van der Waals surface area contributed by atoms with E-state index in [0.29, 0.717) is 31.5 Å². The minimum atomic E-state index is -0.613. The van der Waals surface area contributed by atoms with Gasteiger partial charge in [-0.25, -0.2) is 0 Å². The Morgan fingerprint density at radius 1 is 1.32 bits per heavy atom. The molecule has 1 saturated heterocycles. The summed E-state index contributed by atoms with van der Waals surface area (Å²) in [7, 11) is 0. The van der Waals surface area contributed by atoms with Gasteiger partial charge in [0.2, 0.25) is 11.8 Å². The van der Waals surface area contributed by atoms with Crippen LogP contribution in [0, 0.1) is 11.8 Å². The third-order valence-corrected chi connectivity index (χ3v) is 5.38. The van der Waals surface area contributed by atoms with Gasteiger partial charge in [-0.3, -0.25) is 14.5 Å². The molecule has 1 aliphatic carbocycles. The van der Waals surface area contributed by atoms with Gasteiger partial charge in [0.05, 0.1) is 12.6 Å². The summed E-state index contributed by atoms with van der Waals surface area (Å²) >= 11 is 0. The highest BCUT2D eigenvalue weighted by Gasteiger charge is 2.33. The summed E-state index contributed by atoms with van der Waals surface area (Å²) < 4.78 is 5.33. The van der Waals surface area contributed by atoms with Crippen molar-refractivity contribution in [2.75, 3.05) is 19.7 Å². The van der Waals surface area contributed by atoms with Crippen molar-refractivity contribution in [3.05, 3.63) is 0 Å². The predicted octanol–water partition coefficient (Wildman–Crippen LogP) is 0.502. The molecule has 0 bridgehead atoms. The van der Waals surface area contributed by atoms with Gasteiger partial charge >= 0.3 is 0 Å². The van der Waals surface area contributed by atoms with Crippen molar-refractivity contribution in [3.8, 4) is 0 Å². The molecular weight excluding hydrogens is 282 g/mol. The number of ether oxygens (including phenoxy) is 1. The topological polar surface area (TPSA) is 84.7 Å². The molecule has 1 saturated carbocycles. The lowest BCUT2D eigenvalue weighted by molar-refractivity contribution is -0.141. The fourth-order valence-corrected chi connectivity index (χ4v) is 3.45. The molecule has 6 heteroatoms. The monoisotopic (exact) mass is 311 g/mol. The Labute approximate surface area is 132 Å². The van der Waals surface area contributed by atoms with Crippen LogP contribution in [0.1, 0.15) is 40.0 Å². The van der Waals surface area contributed by atoms with E-state index >= 15 is 0 Å². The summed E-state index contributed by atoms with van der Waals surface area (Å²) in [4.78, 5) is 25.8. The van der Waals surface area contributed by atoms with Gasteiger partial charge < -0.3 is 15.8 Å². The molecule has 0 aromatic carbocycles. The Bertz CT molecular complexity index is 415. The highest BCUT2D eigenvalue weighted by atomic mass is 16.5. The molecule has 1 aliphatic heterocycles. The van der Waals surface area contributed by atoms with Gasteiger partial charge in [0.1, 0.15) is 6.10 Å². The molecular formula is C16H29N3O3. The fraction of sp³-hybridized carbons (Fsp3) is 0.875. The number of nitrogens with one attached hydrogen (secondary N) is 1. The van der Waals surface area contributed by atoms with Gasteiger partial charge in [-0.15, -0.1) is 0 Å². The number of hydrogen-bond acceptors (Lipinski definition) is 4.